The number of hydrogen-bond donors (Lipinski definition) is 0. The van der Waals surface area contributed by atoms with Gasteiger partial charge < -0.3 is 4.90 Å². The number of carbonyl (C=O) groups is 1. The monoisotopic (exact) mass is 521 g/mol. The Balaban J connectivity index is 1.75. The summed E-state index contributed by atoms with van der Waals surface area (Å²) in [5.74, 6) is -0.285. The van der Waals surface area contributed by atoms with Crippen LogP contribution in [-0.4, -0.2) is 38.0 Å². The standard InChI is InChI=1S/C20H16BrN3O3S3/c1-3-12-24-18(25)17(19-23(2)15-6-4-5-7-16(15)28-19)29-20(24)22-30(26,27)14-10-8-13(21)9-11-14/h3-11H,1,12H2,2H3/b19-17+,22-20+. The highest BCUT2D eigenvalue weighted by molar-refractivity contribution is 9.10. The van der Waals surface area contributed by atoms with Crippen molar-refractivity contribution in [2.24, 2.45) is 4.40 Å². The van der Waals surface area contributed by atoms with E-state index in [2.05, 4.69) is 26.9 Å². The molecule has 1 amide bonds. The zero-order chi connectivity index (χ0) is 21.5. The summed E-state index contributed by atoms with van der Waals surface area (Å²) >= 11 is 5.85. The molecule has 0 N–H and O–H groups in total. The minimum Gasteiger partial charge on any atom is -0.337 e. The fourth-order valence-corrected chi connectivity index (χ4v) is 6.76. The van der Waals surface area contributed by atoms with E-state index < -0.39 is 10.0 Å². The average molecular weight is 522 g/mol. The van der Waals surface area contributed by atoms with Crippen molar-refractivity contribution in [1.29, 1.82) is 0 Å². The van der Waals surface area contributed by atoms with Gasteiger partial charge in [0.15, 0.2) is 5.17 Å². The molecule has 1 fully saturated rings. The summed E-state index contributed by atoms with van der Waals surface area (Å²) in [6.07, 6.45) is 1.55. The lowest BCUT2D eigenvalue weighted by Crippen LogP contribution is -2.30. The van der Waals surface area contributed by atoms with Crippen molar-refractivity contribution < 1.29 is 13.2 Å². The smallest absolute Gasteiger partial charge is 0.284 e. The van der Waals surface area contributed by atoms with Gasteiger partial charge >= 0.3 is 0 Å². The van der Waals surface area contributed by atoms with Crippen LogP contribution in [0, 0.1) is 0 Å². The third-order valence-corrected chi connectivity index (χ3v) is 8.77. The zero-order valence-electron chi connectivity index (χ0n) is 15.8. The molecular formula is C20H16BrN3O3S3. The minimum absolute atomic E-state index is 0.0608. The molecule has 0 aromatic heterocycles. The number of carbonyl (C=O) groups excluding carboxylic acids is 1. The maximum atomic E-state index is 13.1. The minimum atomic E-state index is -3.97. The van der Waals surface area contributed by atoms with Crippen LogP contribution in [0.4, 0.5) is 5.69 Å². The van der Waals surface area contributed by atoms with Crippen molar-refractivity contribution in [3.8, 4) is 0 Å². The summed E-state index contributed by atoms with van der Waals surface area (Å²) in [6.45, 7) is 3.85. The van der Waals surface area contributed by atoms with Gasteiger partial charge in [-0.2, -0.15) is 8.42 Å². The van der Waals surface area contributed by atoms with E-state index in [9.17, 15) is 13.2 Å². The first-order valence-electron chi connectivity index (χ1n) is 8.78. The van der Waals surface area contributed by atoms with Crippen molar-refractivity contribution in [3.63, 3.8) is 0 Å². The molecule has 0 radical (unpaired) electrons. The second-order valence-electron chi connectivity index (χ2n) is 6.37. The Labute approximate surface area is 191 Å². The highest BCUT2D eigenvalue weighted by Gasteiger charge is 2.39. The highest BCUT2D eigenvalue weighted by atomic mass is 79.9. The molecule has 30 heavy (non-hydrogen) atoms. The summed E-state index contributed by atoms with van der Waals surface area (Å²) in [4.78, 5) is 18.0. The van der Waals surface area contributed by atoms with Crippen LogP contribution in [0.2, 0.25) is 0 Å². The number of hydrogen-bond acceptors (Lipinski definition) is 6. The number of amides is 1. The Morgan fingerprint density at radius 2 is 1.83 bits per heavy atom. The largest absolute Gasteiger partial charge is 0.337 e. The number of halogens is 1. The molecule has 0 unspecified atom stereocenters. The summed E-state index contributed by atoms with van der Waals surface area (Å²) in [5, 5.41) is 0.877. The average Bonchev–Trinajstić information content (AvgIpc) is 3.20. The van der Waals surface area contributed by atoms with Crippen LogP contribution in [0.25, 0.3) is 0 Å². The zero-order valence-corrected chi connectivity index (χ0v) is 19.8. The lowest BCUT2D eigenvalue weighted by molar-refractivity contribution is -0.121. The van der Waals surface area contributed by atoms with Crippen molar-refractivity contribution in [3.05, 3.63) is 75.6 Å². The molecule has 2 aromatic rings. The predicted molar refractivity (Wildman–Crippen MR) is 126 cm³/mol. The number of rotatable bonds is 4. The number of benzene rings is 2. The number of thioether (sulfide) groups is 2. The van der Waals surface area contributed by atoms with Gasteiger partial charge in [0.1, 0.15) is 4.91 Å². The molecule has 2 aliphatic heterocycles. The normalized spacial score (nSPS) is 20.2. The number of sulfonamides is 1. The molecule has 0 spiro atoms. The topological polar surface area (TPSA) is 70.1 Å². The van der Waals surface area contributed by atoms with Crippen molar-refractivity contribution >= 4 is 66.2 Å². The first-order chi connectivity index (χ1) is 14.3. The third kappa shape index (κ3) is 3.84. The van der Waals surface area contributed by atoms with Crippen LogP contribution in [0.3, 0.4) is 0 Å². The Morgan fingerprint density at radius 1 is 1.13 bits per heavy atom. The van der Waals surface area contributed by atoms with Crippen molar-refractivity contribution in [1.82, 2.24) is 4.90 Å². The van der Waals surface area contributed by atoms with Crippen LogP contribution in [0.1, 0.15) is 0 Å². The summed E-state index contributed by atoms with van der Waals surface area (Å²) < 4.78 is 30.4. The van der Waals surface area contributed by atoms with Gasteiger partial charge in [-0.05, 0) is 48.2 Å². The number of para-hydroxylation sites is 1. The Morgan fingerprint density at radius 3 is 2.50 bits per heavy atom. The van der Waals surface area contributed by atoms with Gasteiger partial charge in [0.25, 0.3) is 15.9 Å². The number of nitrogens with zero attached hydrogens (tertiary/aromatic N) is 3. The van der Waals surface area contributed by atoms with Crippen LogP contribution < -0.4 is 4.90 Å². The van der Waals surface area contributed by atoms with Gasteiger partial charge in [-0.25, -0.2) is 0 Å². The van der Waals surface area contributed by atoms with E-state index in [1.165, 1.54) is 28.8 Å². The molecule has 0 atom stereocenters. The predicted octanol–water partition coefficient (Wildman–Crippen LogP) is 4.67. The van der Waals surface area contributed by atoms with Gasteiger partial charge in [-0.15, -0.1) is 11.0 Å². The van der Waals surface area contributed by atoms with Crippen LogP contribution in [0.15, 0.2) is 89.8 Å². The van der Waals surface area contributed by atoms with Gasteiger partial charge in [0, 0.05) is 23.0 Å². The molecular weight excluding hydrogens is 506 g/mol. The molecule has 4 rings (SSSR count). The van der Waals surface area contributed by atoms with E-state index >= 15 is 0 Å². The molecule has 0 aliphatic carbocycles. The molecule has 2 aliphatic rings. The summed E-state index contributed by atoms with van der Waals surface area (Å²) in [7, 11) is -2.08. The van der Waals surface area contributed by atoms with E-state index in [1.807, 2.05) is 36.2 Å². The molecule has 1 saturated heterocycles. The van der Waals surface area contributed by atoms with E-state index in [0.717, 1.165) is 31.8 Å². The van der Waals surface area contributed by atoms with Crippen molar-refractivity contribution in [2.45, 2.75) is 9.79 Å². The second-order valence-corrected chi connectivity index (χ2v) is 10.9. The van der Waals surface area contributed by atoms with Gasteiger partial charge in [-0.3, -0.25) is 9.69 Å². The number of anilines is 1. The van der Waals surface area contributed by atoms with Gasteiger partial charge in [-0.1, -0.05) is 45.9 Å². The first-order valence-corrected chi connectivity index (χ1v) is 12.6. The summed E-state index contributed by atoms with van der Waals surface area (Å²) in [5.41, 5.74) is 1.00. The SMILES string of the molecule is C=CCN1C(=O)/C(=C2\Sc3ccccc3N2C)S/C1=N/S(=O)(=O)c1ccc(Br)cc1. The maximum absolute atomic E-state index is 13.1. The van der Waals surface area contributed by atoms with Crippen LogP contribution >= 0.6 is 39.5 Å². The van der Waals surface area contributed by atoms with E-state index in [4.69, 9.17) is 0 Å². The fourth-order valence-electron chi connectivity index (χ4n) is 2.96. The highest BCUT2D eigenvalue weighted by Crippen LogP contribution is 2.49. The van der Waals surface area contributed by atoms with Gasteiger partial charge in [0.2, 0.25) is 0 Å². The number of fused-ring (bicyclic) bond motifs is 1. The quantitative estimate of drug-likeness (QED) is 0.430. The first kappa shape index (κ1) is 21.2. The molecule has 6 nitrogen and oxygen atoms in total. The van der Waals surface area contributed by atoms with Crippen molar-refractivity contribution in [2.75, 3.05) is 18.5 Å². The Bertz CT molecular complexity index is 1210. The van der Waals surface area contributed by atoms with Gasteiger partial charge in [0.05, 0.1) is 15.6 Å². The molecule has 10 heteroatoms. The molecule has 0 saturated carbocycles. The van der Waals surface area contributed by atoms with Crippen LogP contribution in [-0.2, 0) is 14.8 Å². The van der Waals surface area contributed by atoms with E-state index in [0.29, 0.717) is 4.91 Å². The fraction of sp³-hybridized carbons (Fsp3) is 0.100. The van der Waals surface area contributed by atoms with Crippen LogP contribution in [0.5, 0.6) is 0 Å². The maximum Gasteiger partial charge on any atom is 0.284 e. The van der Waals surface area contributed by atoms with E-state index in [1.54, 1.807) is 18.2 Å². The Kier molecular flexibility index (Phi) is 5.84. The van der Waals surface area contributed by atoms with E-state index in [-0.39, 0.29) is 22.5 Å². The molecule has 0 bridgehead atoms. The Hall–Kier alpha value is -2.01. The molecule has 154 valence electrons. The lowest BCUT2D eigenvalue weighted by atomic mass is 10.3. The molecule has 2 heterocycles. The summed E-state index contributed by atoms with van der Waals surface area (Å²) in [6, 6.07) is 14.1. The number of amidine groups is 1. The molecule has 2 aromatic carbocycles. The third-order valence-electron chi connectivity index (χ3n) is 4.42. The second kappa shape index (κ2) is 8.26. The lowest BCUT2D eigenvalue weighted by Gasteiger charge is -2.15.